The van der Waals surface area contributed by atoms with Gasteiger partial charge in [0, 0.05) is 24.9 Å². The van der Waals surface area contributed by atoms with Crippen molar-refractivity contribution >= 4 is 21.7 Å². The van der Waals surface area contributed by atoms with Crippen LogP contribution in [0.2, 0.25) is 0 Å². The van der Waals surface area contributed by atoms with E-state index in [1.165, 1.54) is 0 Å². The third-order valence-electron chi connectivity index (χ3n) is 2.86. The molecule has 106 valence electrons. The summed E-state index contributed by atoms with van der Waals surface area (Å²) in [6.07, 6.45) is 1.71. The number of hydrogen-bond acceptors (Lipinski definition) is 5. The highest BCUT2D eigenvalue weighted by molar-refractivity contribution is 9.10. The van der Waals surface area contributed by atoms with Gasteiger partial charge in [-0.1, -0.05) is 13.8 Å². The van der Waals surface area contributed by atoms with Crippen LogP contribution in [0.3, 0.4) is 0 Å². The summed E-state index contributed by atoms with van der Waals surface area (Å²) in [7, 11) is 3.43. The number of nitrogens with one attached hydrogen (secondary N) is 1. The molecule has 1 N–H and O–H groups in total. The van der Waals surface area contributed by atoms with Crippen LogP contribution >= 0.6 is 15.9 Å². The molecule has 0 unspecified atom stereocenters. The molecule has 0 aliphatic carbocycles. The third kappa shape index (κ3) is 2.90. The lowest BCUT2D eigenvalue weighted by Crippen LogP contribution is -2.04. The molecule has 0 bridgehead atoms. The number of aromatic nitrogens is 3. The Bertz CT molecular complexity index is 599. The van der Waals surface area contributed by atoms with Crippen LogP contribution in [0.1, 0.15) is 25.5 Å². The van der Waals surface area contributed by atoms with Crippen molar-refractivity contribution in [2.75, 3.05) is 19.5 Å². The van der Waals surface area contributed by atoms with Crippen LogP contribution in [0, 0.1) is 0 Å². The average Bonchev–Trinajstić information content (AvgIpc) is 2.47. The van der Waals surface area contributed by atoms with E-state index in [4.69, 9.17) is 4.74 Å². The zero-order chi connectivity index (χ0) is 14.7. The van der Waals surface area contributed by atoms with Crippen molar-refractivity contribution in [1.29, 1.82) is 0 Å². The Balaban J connectivity index is 2.52. The zero-order valence-electron chi connectivity index (χ0n) is 11.9. The van der Waals surface area contributed by atoms with Crippen molar-refractivity contribution in [2.24, 2.45) is 0 Å². The second-order valence-corrected chi connectivity index (χ2v) is 5.38. The largest absolute Gasteiger partial charge is 0.481 e. The minimum absolute atomic E-state index is 0.296. The smallest absolute Gasteiger partial charge is 0.212 e. The van der Waals surface area contributed by atoms with E-state index in [1.807, 2.05) is 13.1 Å². The summed E-state index contributed by atoms with van der Waals surface area (Å²) in [4.78, 5) is 13.3. The maximum absolute atomic E-state index is 5.06. The van der Waals surface area contributed by atoms with E-state index in [-0.39, 0.29) is 0 Å². The molecule has 0 spiro atoms. The van der Waals surface area contributed by atoms with Crippen LogP contribution in [-0.2, 0) is 0 Å². The Labute approximate surface area is 127 Å². The minimum atomic E-state index is 0.296. The predicted octanol–water partition coefficient (Wildman–Crippen LogP) is 3.47. The minimum Gasteiger partial charge on any atom is -0.481 e. The van der Waals surface area contributed by atoms with E-state index in [2.05, 4.69) is 50.0 Å². The molecule has 20 heavy (non-hydrogen) atoms. The molecule has 0 aliphatic heterocycles. The Morgan fingerprint density at radius 1 is 1.25 bits per heavy atom. The molecule has 0 aliphatic rings. The molecule has 0 radical (unpaired) electrons. The van der Waals surface area contributed by atoms with Gasteiger partial charge in [-0.05, 0) is 27.9 Å². The van der Waals surface area contributed by atoms with Gasteiger partial charge in [-0.3, -0.25) is 0 Å². The first-order chi connectivity index (χ1) is 9.56. The Kier molecular flexibility index (Phi) is 4.54. The maximum atomic E-state index is 5.06. The molecule has 2 rings (SSSR count). The van der Waals surface area contributed by atoms with E-state index in [0.717, 1.165) is 21.5 Å². The number of anilines is 1. The summed E-state index contributed by atoms with van der Waals surface area (Å²) in [5.74, 6) is 2.29. The summed E-state index contributed by atoms with van der Waals surface area (Å²) in [5, 5.41) is 3.08. The Hall–Kier alpha value is -1.69. The standard InChI is InChI=1S/C14H17BrN4O/c1-8(2)12-11(15)14(16-3)19-13(18-12)9-5-6-10(20-4)17-7-9/h5-8H,1-4H3,(H,16,18,19). The molecule has 0 amide bonds. The average molecular weight is 337 g/mol. The van der Waals surface area contributed by atoms with Crippen LogP contribution in [0.5, 0.6) is 5.88 Å². The van der Waals surface area contributed by atoms with Gasteiger partial charge in [0.1, 0.15) is 5.82 Å². The molecule has 2 aromatic heterocycles. The van der Waals surface area contributed by atoms with Crippen LogP contribution in [0.4, 0.5) is 5.82 Å². The molecule has 6 heteroatoms. The maximum Gasteiger partial charge on any atom is 0.212 e. The van der Waals surface area contributed by atoms with Crippen molar-refractivity contribution in [2.45, 2.75) is 19.8 Å². The van der Waals surface area contributed by atoms with E-state index < -0.39 is 0 Å². The number of ether oxygens (including phenoxy) is 1. The number of methoxy groups -OCH3 is 1. The molecule has 0 saturated carbocycles. The van der Waals surface area contributed by atoms with Gasteiger partial charge in [-0.2, -0.15) is 0 Å². The first-order valence-electron chi connectivity index (χ1n) is 6.32. The van der Waals surface area contributed by atoms with Gasteiger partial charge in [-0.25, -0.2) is 15.0 Å². The van der Waals surface area contributed by atoms with Gasteiger partial charge in [0.25, 0.3) is 0 Å². The Morgan fingerprint density at radius 3 is 2.50 bits per heavy atom. The number of hydrogen-bond donors (Lipinski definition) is 1. The number of halogens is 1. The summed E-state index contributed by atoms with van der Waals surface area (Å²) in [6, 6.07) is 3.70. The van der Waals surface area contributed by atoms with Crippen LogP contribution < -0.4 is 10.1 Å². The zero-order valence-corrected chi connectivity index (χ0v) is 13.5. The topological polar surface area (TPSA) is 59.9 Å². The fraction of sp³-hybridized carbons (Fsp3) is 0.357. The monoisotopic (exact) mass is 336 g/mol. The van der Waals surface area contributed by atoms with E-state index in [1.54, 1.807) is 19.4 Å². The lowest BCUT2D eigenvalue weighted by atomic mass is 10.1. The van der Waals surface area contributed by atoms with Gasteiger partial charge >= 0.3 is 0 Å². The molecule has 0 fully saturated rings. The Morgan fingerprint density at radius 2 is 2.00 bits per heavy atom. The van der Waals surface area contributed by atoms with Gasteiger partial charge in [0.05, 0.1) is 17.3 Å². The van der Waals surface area contributed by atoms with Gasteiger partial charge < -0.3 is 10.1 Å². The number of nitrogens with zero attached hydrogens (tertiary/aromatic N) is 3. The van der Waals surface area contributed by atoms with Crippen LogP contribution in [0.25, 0.3) is 11.4 Å². The third-order valence-corrected chi connectivity index (χ3v) is 3.65. The normalized spacial score (nSPS) is 10.7. The second kappa shape index (κ2) is 6.17. The van der Waals surface area contributed by atoms with Crippen molar-refractivity contribution in [3.63, 3.8) is 0 Å². The van der Waals surface area contributed by atoms with Gasteiger partial charge in [-0.15, -0.1) is 0 Å². The molecule has 5 nitrogen and oxygen atoms in total. The summed E-state index contributed by atoms with van der Waals surface area (Å²) in [5.41, 5.74) is 1.83. The quantitative estimate of drug-likeness (QED) is 0.926. The first kappa shape index (κ1) is 14.7. The van der Waals surface area contributed by atoms with Crippen molar-refractivity contribution in [3.05, 3.63) is 28.5 Å². The highest BCUT2D eigenvalue weighted by Gasteiger charge is 2.15. The SMILES string of the molecule is CNc1nc(-c2ccc(OC)nc2)nc(C(C)C)c1Br. The number of rotatable bonds is 4. The van der Waals surface area contributed by atoms with Gasteiger partial charge in [0.15, 0.2) is 5.82 Å². The fourth-order valence-electron chi connectivity index (χ4n) is 1.78. The van der Waals surface area contributed by atoms with E-state index >= 15 is 0 Å². The molecule has 0 aromatic carbocycles. The first-order valence-corrected chi connectivity index (χ1v) is 7.11. The number of pyridine rings is 1. The van der Waals surface area contributed by atoms with Crippen LogP contribution in [-0.4, -0.2) is 29.1 Å². The lowest BCUT2D eigenvalue weighted by Gasteiger charge is -2.13. The predicted molar refractivity (Wildman–Crippen MR) is 83.2 cm³/mol. The fourth-order valence-corrected chi connectivity index (χ4v) is 2.61. The summed E-state index contributed by atoms with van der Waals surface area (Å²) in [6.45, 7) is 4.20. The summed E-state index contributed by atoms with van der Waals surface area (Å²) < 4.78 is 5.96. The summed E-state index contributed by atoms with van der Waals surface area (Å²) >= 11 is 3.55. The highest BCUT2D eigenvalue weighted by atomic mass is 79.9. The molecular weight excluding hydrogens is 320 g/mol. The van der Waals surface area contributed by atoms with E-state index in [9.17, 15) is 0 Å². The molecule has 2 aromatic rings. The van der Waals surface area contributed by atoms with E-state index in [0.29, 0.717) is 17.6 Å². The molecular formula is C14H17BrN4O. The lowest BCUT2D eigenvalue weighted by molar-refractivity contribution is 0.398. The molecule has 0 saturated heterocycles. The highest BCUT2D eigenvalue weighted by Crippen LogP contribution is 2.31. The van der Waals surface area contributed by atoms with Crippen LogP contribution in [0.15, 0.2) is 22.8 Å². The molecule has 2 heterocycles. The van der Waals surface area contributed by atoms with Crippen molar-refractivity contribution < 1.29 is 4.74 Å². The van der Waals surface area contributed by atoms with Crippen molar-refractivity contribution in [1.82, 2.24) is 15.0 Å². The molecule has 0 atom stereocenters. The van der Waals surface area contributed by atoms with Crippen molar-refractivity contribution in [3.8, 4) is 17.3 Å². The van der Waals surface area contributed by atoms with Gasteiger partial charge in [0.2, 0.25) is 5.88 Å². The second-order valence-electron chi connectivity index (χ2n) is 4.59.